The SMILES string of the molecule is CC1CCC/C1=C(\C(=O)O)c1ccccc1. The maximum absolute atomic E-state index is 11.4. The van der Waals surface area contributed by atoms with Gasteiger partial charge in [-0.1, -0.05) is 42.8 Å². The van der Waals surface area contributed by atoms with Crippen LogP contribution in [0.1, 0.15) is 31.7 Å². The van der Waals surface area contributed by atoms with E-state index in [0.29, 0.717) is 11.5 Å². The zero-order valence-electron chi connectivity index (χ0n) is 9.44. The standard InChI is InChI=1S/C14H16O2/c1-10-6-5-9-12(10)13(14(15)16)11-7-3-2-4-8-11/h2-4,7-8,10H,5-6,9H2,1H3,(H,15,16)/b13-12+. The third-order valence-corrected chi connectivity index (χ3v) is 3.28. The molecular formula is C14H16O2. The highest BCUT2D eigenvalue weighted by atomic mass is 16.4. The summed E-state index contributed by atoms with van der Waals surface area (Å²) in [4.78, 5) is 11.4. The van der Waals surface area contributed by atoms with Crippen LogP contribution < -0.4 is 0 Å². The van der Waals surface area contributed by atoms with Crippen molar-refractivity contribution in [2.45, 2.75) is 26.2 Å². The zero-order valence-corrected chi connectivity index (χ0v) is 9.44. The summed E-state index contributed by atoms with van der Waals surface area (Å²) in [5.74, 6) is -0.388. The molecule has 0 spiro atoms. The molecule has 0 heterocycles. The molecule has 1 saturated carbocycles. The van der Waals surface area contributed by atoms with Gasteiger partial charge in [-0.3, -0.25) is 0 Å². The summed E-state index contributed by atoms with van der Waals surface area (Å²) in [6, 6.07) is 9.44. The van der Waals surface area contributed by atoms with Crippen LogP contribution in [0.3, 0.4) is 0 Å². The van der Waals surface area contributed by atoms with Gasteiger partial charge in [-0.25, -0.2) is 4.79 Å². The molecule has 2 heteroatoms. The van der Waals surface area contributed by atoms with Crippen molar-refractivity contribution in [2.24, 2.45) is 5.92 Å². The van der Waals surface area contributed by atoms with Gasteiger partial charge in [0.15, 0.2) is 0 Å². The second-order valence-corrected chi connectivity index (χ2v) is 4.36. The Kier molecular flexibility index (Phi) is 3.09. The van der Waals surface area contributed by atoms with Crippen LogP contribution in [-0.4, -0.2) is 11.1 Å². The number of rotatable bonds is 2. The summed E-state index contributed by atoms with van der Waals surface area (Å²) in [5, 5.41) is 9.35. The summed E-state index contributed by atoms with van der Waals surface area (Å²) in [5.41, 5.74) is 2.46. The monoisotopic (exact) mass is 216 g/mol. The summed E-state index contributed by atoms with van der Waals surface area (Å²) in [6.45, 7) is 2.12. The largest absolute Gasteiger partial charge is 0.478 e. The molecule has 1 fully saturated rings. The van der Waals surface area contributed by atoms with Crippen molar-refractivity contribution >= 4 is 11.5 Å². The molecule has 0 saturated heterocycles. The third kappa shape index (κ3) is 2.01. The first kappa shape index (κ1) is 10.9. The summed E-state index contributed by atoms with van der Waals surface area (Å²) in [7, 11) is 0. The highest BCUT2D eigenvalue weighted by molar-refractivity contribution is 6.16. The number of aliphatic carboxylic acids is 1. The van der Waals surface area contributed by atoms with Crippen molar-refractivity contribution in [3.63, 3.8) is 0 Å². The molecule has 1 aromatic carbocycles. The molecule has 0 bridgehead atoms. The van der Waals surface area contributed by atoms with E-state index < -0.39 is 5.97 Å². The fraction of sp³-hybridized carbons (Fsp3) is 0.357. The van der Waals surface area contributed by atoms with E-state index in [2.05, 4.69) is 6.92 Å². The van der Waals surface area contributed by atoms with E-state index in [-0.39, 0.29) is 0 Å². The minimum absolute atomic E-state index is 0.409. The number of carbonyl (C=O) groups is 1. The van der Waals surface area contributed by atoms with Gasteiger partial charge in [0, 0.05) is 0 Å². The van der Waals surface area contributed by atoms with Gasteiger partial charge < -0.3 is 5.11 Å². The number of carboxylic acids is 1. The van der Waals surface area contributed by atoms with Gasteiger partial charge in [0.25, 0.3) is 0 Å². The Morgan fingerprint density at radius 3 is 2.50 bits per heavy atom. The highest BCUT2D eigenvalue weighted by Gasteiger charge is 2.24. The average molecular weight is 216 g/mol. The molecule has 0 radical (unpaired) electrons. The van der Waals surface area contributed by atoms with Crippen molar-refractivity contribution in [3.8, 4) is 0 Å². The van der Waals surface area contributed by atoms with Gasteiger partial charge in [-0.15, -0.1) is 0 Å². The predicted octanol–water partition coefficient (Wildman–Crippen LogP) is 3.34. The Labute approximate surface area is 95.6 Å². The molecule has 1 atom stereocenters. The Hall–Kier alpha value is -1.57. The maximum Gasteiger partial charge on any atom is 0.336 e. The summed E-state index contributed by atoms with van der Waals surface area (Å²) >= 11 is 0. The predicted molar refractivity (Wildman–Crippen MR) is 64.0 cm³/mol. The Morgan fingerprint density at radius 2 is 2.00 bits per heavy atom. The Balaban J connectivity index is 2.50. The van der Waals surface area contributed by atoms with Gasteiger partial charge >= 0.3 is 5.97 Å². The molecule has 0 amide bonds. The van der Waals surface area contributed by atoms with Crippen molar-refractivity contribution in [3.05, 3.63) is 41.5 Å². The van der Waals surface area contributed by atoms with Crippen LogP contribution >= 0.6 is 0 Å². The van der Waals surface area contributed by atoms with E-state index in [1.807, 2.05) is 30.3 Å². The number of hydrogen-bond donors (Lipinski definition) is 1. The van der Waals surface area contributed by atoms with E-state index >= 15 is 0 Å². The molecule has 1 aliphatic carbocycles. The van der Waals surface area contributed by atoms with Gasteiger partial charge in [-0.2, -0.15) is 0 Å². The number of hydrogen-bond acceptors (Lipinski definition) is 1. The van der Waals surface area contributed by atoms with Crippen LogP contribution in [0.15, 0.2) is 35.9 Å². The van der Waals surface area contributed by atoms with E-state index in [4.69, 9.17) is 0 Å². The van der Waals surface area contributed by atoms with Crippen LogP contribution in [0.25, 0.3) is 5.57 Å². The van der Waals surface area contributed by atoms with Crippen LogP contribution in [0.5, 0.6) is 0 Å². The van der Waals surface area contributed by atoms with Crippen molar-refractivity contribution < 1.29 is 9.90 Å². The lowest BCUT2D eigenvalue weighted by atomic mass is 9.94. The van der Waals surface area contributed by atoms with Gasteiger partial charge in [0.05, 0.1) is 5.57 Å². The Bertz CT molecular complexity index is 418. The lowest BCUT2D eigenvalue weighted by Crippen LogP contribution is -2.05. The molecule has 0 aromatic heterocycles. The molecule has 16 heavy (non-hydrogen) atoms. The third-order valence-electron chi connectivity index (χ3n) is 3.28. The van der Waals surface area contributed by atoms with Gasteiger partial charge in [0.1, 0.15) is 0 Å². The topological polar surface area (TPSA) is 37.3 Å². The number of carboxylic acid groups (broad SMARTS) is 1. The minimum atomic E-state index is -0.796. The van der Waals surface area contributed by atoms with E-state index in [1.54, 1.807) is 0 Å². The smallest absolute Gasteiger partial charge is 0.336 e. The molecule has 2 rings (SSSR count). The van der Waals surface area contributed by atoms with Crippen LogP contribution in [-0.2, 0) is 4.79 Å². The molecule has 1 N–H and O–H groups in total. The molecule has 0 aliphatic heterocycles. The van der Waals surface area contributed by atoms with Crippen molar-refractivity contribution in [1.29, 1.82) is 0 Å². The second-order valence-electron chi connectivity index (χ2n) is 4.36. The molecule has 1 aromatic rings. The van der Waals surface area contributed by atoms with Crippen LogP contribution in [0.2, 0.25) is 0 Å². The average Bonchev–Trinajstić information content (AvgIpc) is 2.66. The quantitative estimate of drug-likeness (QED) is 0.770. The Morgan fingerprint density at radius 1 is 1.31 bits per heavy atom. The van der Waals surface area contributed by atoms with Crippen LogP contribution in [0, 0.1) is 5.92 Å². The van der Waals surface area contributed by atoms with Gasteiger partial charge in [-0.05, 0) is 30.7 Å². The fourth-order valence-electron chi connectivity index (χ4n) is 2.44. The van der Waals surface area contributed by atoms with Crippen LogP contribution in [0.4, 0.5) is 0 Å². The molecule has 1 aliphatic rings. The minimum Gasteiger partial charge on any atom is -0.478 e. The molecule has 1 unspecified atom stereocenters. The zero-order chi connectivity index (χ0) is 11.5. The number of benzene rings is 1. The van der Waals surface area contributed by atoms with Crippen molar-refractivity contribution in [1.82, 2.24) is 0 Å². The lowest BCUT2D eigenvalue weighted by Gasteiger charge is -2.11. The van der Waals surface area contributed by atoms with E-state index in [1.165, 1.54) is 0 Å². The first-order valence-corrected chi connectivity index (χ1v) is 5.72. The summed E-state index contributed by atoms with van der Waals surface area (Å²) < 4.78 is 0. The first-order valence-electron chi connectivity index (χ1n) is 5.72. The molecule has 2 nitrogen and oxygen atoms in total. The first-order chi connectivity index (χ1) is 7.70. The highest BCUT2D eigenvalue weighted by Crippen LogP contribution is 2.36. The van der Waals surface area contributed by atoms with E-state index in [9.17, 15) is 9.90 Å². The molecule has 84 valence electrons. The second kappa shape index (κ2) is 4.52. The normalized spacial score (nSPS) is 23.2. The molecular weight excluding hydrogens is 200 g/mol. The van der Waals surface area contributed by atoms with E-state index in [0.717, 1.165) is 30.4 Å². The maximum atomic E-state index is 11.4. The summed E-state index contributed by atoms with van der Waals surface area (Å²) in [6.07, 6.45) is 3.15. The fourth-order valence-corrected chi connectivity index (χ4v) is 2.44. The van der Waals surface area contributed by atoms with Gasteiger partial charge in [0.2, 0.25) is 0 Å². The lowest BCUT2D eigenvalue weighted by molar-refractivity contribution is -0.130. The number of allylic oxidation sites excluding steroid dienone is 1. The van der Waals surface area contributed by atoms with Crippen molar-refractivity contribution in [2.75, 3.05) is 0 Å².